The second kappa shape index (κ2) is 9.19. The number of nitrogens with zero attached hydrogens (tertiary/aromatic N) is 3. The average Bonchev–Trinajstić information content (AvgIpc) is 3.31. The maximum atomic E-state index is 13.9. The number of piperazine rings is 1. The number of hydrazine groups is 1. The first kappa shape index (κ1) is 20.9. The number of carbonyl (C=O) groups excluding carboxylic acids is 1. The Hall–Kier alpha value is -2.37. The second-order valence-corrected chi connectivity index (χ2v) is 8.43. The molecule has 2 atom stereocenters. The van der Waals surface area contributed by atoms with E-state index in [0.29, 0.717) is 6.61 Å². The molecule has 0 aromatic heterocycles. The van der Waals surface area contributed by atoms with Crippen LogP contribution in [0.1, 0.15) is 43.9 Å². The molecule has 4 rings (SSSR count). The third-order valence-corrected chi connectivity index (χ3v) is 6.69. The van der Waals surface area contributed by atoms with Crippen molar-refractivity contribution in [2.45, 2.75) is 39.3 Å². The predicted octanol–water partition coefficient (Wildman–Crippen LogP) is 4.02. The summed E-state index contributed by atoms with van der Waals surface area (Å²) in [4.78, 5) is 13.9. The molecule has 2 aromatic carbocycles. The number of likely N-dealkylation sites (N-methyl/N-ethyl adjacent to an activating group) is 1. The van der Waals surface area contributed by atoms with Crippen LogP contribution in [0.3, 0.4) is 0 Å². The van der Waals surface area contributed by atoms with Crippen molar-refractivity contribution in [1.82, 2.24) is 10.0 Å². The zero-order valence-electron chi connectivity index (χ0n) is 18.3. The van der Waals surface area contributed by atoms with Crippen molar-refractivity contribution < 1.29 is 14.0 Å². The molecule has 2 aromatic rings. The Morgan fingerprint density at radius 3 is 2.30 bits per heavy atom. The molecule has 2 aliphatic rings. The van der Waals surface area contributed by atoms with Crippen molar-refractivity contribution in [3.8, 4) is 5.75 Å². The first-order chi connectivity index (χ1) is 14.7. The molecule has 30 heavy (non-hydrogen) atoms. The summed E-state index contributed by atoms with van der Waals surface area (Å²) in [5, 5.41) is 4.33. The minimum absolute atomic E-state index is 0.169. The van der Waals surface area contributed by atoms with Gasteiger partial charge in [0.15, 0.2) is 6.04 Å². The molecule has 2 unspecified atom stereocenters. The quantitative estimate of drug-likeness (QED) is 0.649. The molecule has 5 heteroatoms. The lowest BCUT2D eigenvalue weighted by atomic mass is 9.97. The number of amides is 1. The van der Waals surface area contributed by atoms with E-state index in [2.05, 4.69) is 53.3 Å². The summed E-state index contributed by atoms with van der Waals surface area (Å²) in [5.41, 5.74) is 2.38. The van der Waals surface area contributed by atoms with E-state index in [4.69, 9.17) is 4.74 Å². The molecule has 5 nitrogen and oxygen atoms in total. The van der Waals surface area contributed by atoms with Gasteiger partial charge in [-0.05, 0) is 51.0 Å². The van der Waals surface area contributed by atoms with Crippen LogP contribution in [0.2, 0.25) is 0 Å². The molecule has 2 fully saturated rings. The fraction of sp³-hybridized carbons (Fsp3) is 0.480. The Kier molecular flexibility index (Phi) is 6.40. The minimum Gasteiger partial charge on any atom is -0.494 e. The van der Waals surface area contributed by atoms with Gasteiger partial charge in [-0.25, -0.2) is 5.01 Å². The zero-order valence-corrected chi connectivity index (χ0v) is 18.3. The molecule has 0 bridgehead atoms. The van der Waals surface area contributed by atoms with Gasteiger partial charge in [-0.1, -0.05) is 30.3 Å². The molecule has 0 saturated carbocycles. The van der Waals surface area contributed by atoms with Crippen LogP contribution in [0, 0.1) is 0 Å². The molecular formula is C25H34N3O2+. The summed E-state index contributed by atoms with van der Waals surface area (Å²) >= 11 is 0. The van der Waals surface area contributed by atoms with Crippen molar-refractivity contribution in [1.29, 1.82) is 0 Å². The van der Waals surface area contributed by atoms with Crippen LogP contribution >= 0.6 is 0 Å². The van der Waals surface area contributed by atoms with Gasteiger partial charge in [0.1, 0.15) is 12.3 Å². The van der Waals surface area contributed by atoms with Crippen molar-refractivity contribution in [2.75, 3.05) is 39.3 Å². The molecule has 2 heterocycles. The van der Waals surface area contributed by atoms with Gasteiger partial charge < -0.3 is 9.22 Å². The highest BCUT2D eigenvalue weighted by atomic mass is 16.5. The van der Waals surface area contributed by atoms with Gasteiger partial charge in [0.05, 0.1) is 26.2 Å². The average molecular weight is 409 g/mol. The van der Waals surface area contributed by atoms with Crippen molar-refractivity contribution >= 4 is 5.91 Å². The van der Waals surface area contributed by atoms with Crippen LogP contribution < -0.4 is 4.74 Å². The highest BCUT2D eigenvalue weighted by Crippen LogP contribution is 2.37. The van der Waals surface area contributed by atoms with E-state index in [9.17, 15) is 4.79 Å². The Labute approximate surface area is 180 Å². The van der Waals surface area contributed by atoms with Gasteiger partial charge in [-0.15, -0.1) is 0 Å². The Morgan fingerprint density at radius 1 is 0.967 bits per heavy atom. The number of ether oxygens (including phenoxy) is 1. The first-order valence-corrected chi connectivity index (χ1v) is 11.4. The van der Waals surface area contributed by atoms with E-state index in [1.807, 2.05) is 25.1 Å². The molecule has 160 valence electrons. The second-order valence-electron chi connectivity index (χ2n) is 8.43. The maximum absolute atomic E-state index is 13.9. The fourth-order valence-corrected chi connectivity index (χ4v) is 5.07. The van der Waals surface area contributed by atoms with Gasteiger partial charge in [0.25, 0.3) is 5.91 Å². The molecule has 0 N–H and O–H groups in total. The Balaban J connectivity index is 1.66. The topological polar surface area (TPSA) is 32.8 Å². The van der Waals surface area contributed by atoms with Gasteiger partial charge in [-0.3, -0.25) is 9.80 Å². The normalized spacial score (nSPS) is 24.9. The van der Waals surface area contributed by atoms with Crippen LogP contribution in [0.25, 0.3) is 0 Å². The van der Waals surface area contributed by atoms with Gasteiger partial charge in [0.2, 0.25) is 0 Å². The van der Waals surface area contributed by atoms with Crippen LogP contribution in [0.4, 0.5) is 0 Å². The lowest BCUT2D eigenvalue weighted by Gasteiger charge is -2.51. The summed E-state index contributed by atoms with van der Waals surface area (Å²) in [6.07, 6.45) is 2.36. The van der Waals surface area contributed by atoms with Gasteiger partial charge in [0, 0.05) is 24.2 Å². The van der Waals surface area contributed by atoms with Crippen molar-refractivity contribution in [2.24, 2.45) is 0 Å². The van der Waals surface area contributed by atoms with Crippen LogP contribution in [-0.2, 0) is 11.3 Å². The number of carbonyl (C=O) groups is 1. The molecule has 0 spiro atoms. The SMILES string of the molecule is CCOc1ccc(C[N+]2(CC)CCN(N3CCCC3)C(=O)C2c2ccccc2)cc1. The molecule has 1 amide bonds. The number of benzene rings is 2. The number of quaternary nitrogens is 1. The highest BCUT2D eigenvalue weighted by molar-refractivity contribution is 5.82. The Bertz CT molecular complexity index is 833. The van der Waals surface area contributed by atoms with E-state index in [-0.39, 0.29) is 11.9 Å². The first-order valence-electron chi connectivity index (χ1n) is 11.4. The van der Waals surface area contributed by atoms with E-state index in [1.165, 1.54) is 18.4 Å². The van der Waals surface area contributed by atoms with E-state index in [0.717, 1.165) is 55.1 Å². The van der Waals surface area contributed by atoms with Gasteiger partial charge in [-0.2, -0.15) is 0 Å². The third kappa shape index (κ3) is 4.09. The van der Waals surface area contributed by atoms with Crippen LogP contribution in [0.5, 0.6) is 5.75 Å². The standard InChI is InChI=1S/C25H34N3O2/c1-3-28(20-21-12-14-23(15-13-21)30-4-2)19-18-27(26-16-8-9-17-26)25(29)24(28)22-10-6-5-7-11-22/h5-7,10-15,24H,3-4,8-9,16-20H2,1-2H3/q+1. The molecule has 2 saturated heterocycles. The smallest absolute Gasteiger partial charge is 0.300 e. The summed E-state index contributed by atoms with van der Waals surface area (Å²) in [6.45, 7) is 10.4. The maximum Gasteiger partial charge on any atom is 0.300 e. The van der Waals surface area contributed by atoms with Crippen LogP contribution in [-0.4, -0.2) is 59.7 Å². The van der Waals surface area contributed by atoms with Crippen LogP contribution in [0.15, 0.2) is 54.6 Å². The van der Waals surface area contributed by atoms with E-state index >= 15 is 0 Å². The van der Waals surface area contributed by atoms with Crippen molar-refractivity contribution in [3.05, 3.63) is 65.7 Å². The third-order valence-electron chi connectivity index (χ3n) is 6.69. The predicted molar refractivity (Wildman–Crippen MR) is 119 cm³/mol. The fourth-order valence-electron chi connectivity index (χ4n) is 5.07. The molecule has 2 aliphatic heterocycles. The summed E-state index contributed by atoms with van der Waals surface area (Å²) < 4.78 is 6.37. The zero-order chi connectivity index (χ0) is 21.0. The van der Waals surface area contributed by atoms with E-state index < -0.39 is 0 Å². The van der Waals surface area contributed by atoms with E-state index in [1.54, 1.807) is 0 Å². The molecule has 0 radical (unpaired) electrons. The lowest BCUT2D eigenvalue weighted by molar-refractivity contribution is -0.962. The molecular weight excluding hydrogens is 374 g/mol. The number of hydrogen-bond donors (Lipinski definition) is 0. The monoisotopic (exact) mass is 408 g/mol. The number of hydrogen-bond acceptors (Lipinski definition) is 3. The Morgan fingerprint density at radius 2 is 1.67 bits per heavy atom. The minimum atomic E-state index is -0.169. The summed E-state index contributed by atoms with van der Waals surface area (Å²) in [7, 11) is 0. The van der Waals surface area contributed by atoms with Crippen molar-refractivity contribution in [3.63, 3.8) is 0 Å². The lowest BCUT2D eigenvalue weighted by Crippen LogP contribution is -2.65. The largest absolute Gasteiger partial charge is 0.494 e. The summed E-state index contributed by atoms with van der Waals surface area (Å²) in [5.74, 6) is 1.15. The summed E-state index contributed by atoms with van der Waals surface area (Å²) in [6, 6.07) is 18.6. The molecule has 0 aliphatic carbocycles. The van der Waals surface area contributed by atoms with Gasteiger partial charge >= 0.3 is 0 Å². The number of rotatable bonds is 7. The highest BCUT2D eigenvalue weighted by Gasteiger charge is 2.49.